The molecule has 0 aromatic heterocycles. The Hall–Kier alpha value is -0.860. The van der Waals surface area contributed by atoms with Gasteiger partial charge in [0.25, 0.3) is 0 Å². The molecule has 2 rings (SSSR count). The van der Waals surface area contributed by atoms with Gasteiger partial charge in [0.05, 0.1) is 0 Å². The Balaban J connectivity index is 1.92. The summed E-state index contributed by atoms with van der Waals surface area (Å²) < 4.78 is 0. The lowest BCUT2D eigenvalue weighted by Crippen LogP contribution is -2.58. The first kappa shape index (κ1) is 16.5. The van der Waals surface area contributed by atoms with Gasteiger partial charge in [0.1, 0.15) is 0 Å². The van der Waals surface area contributed by atoms with Gasteiger partial charge in [0, 0.05) is 25.2 Å². The summed E-state index contributed by atoms with van der Waals surface area (Å²) >= 11 is 0. The number of benzene rings is 1. The van der Waals surface area contributed by atoms with Gasteiger partial charge >= 0.3 is 0 Å². The molecule has 118 valence electrons. The van der Waals surface area contributed by atoms with Crippen molar-refractivity contribution >= 4 is 0 Å². The van der Waals surface area contributed by atoms with Crippen molar-refractivity contribution in [2.24, 2.45) is 5.92 Å². The van der Waals surface area contributed by atoms with Crippen LogP contribution in [0.3, 0.4) is 0 Å². The molecule has 0 spiro atoms. The number of piperazine rings is 1. The zero-order valence-corrected chi connectivity index (χ0v) is 14.2. The Morgan fingerprint density at radius 2 is 1.90 bits per heavy atom. The maximum Gasteiger partial charge on any atom is 0.0244 e. The highest BCUT2D eigenvalue weighted by Crippen LogP contribution is 2.22. The van der Waals surface area contributed by atoms with E-state index >= 15 is 0 Å². The third kappa shape index (κ3) is 4.55. The molecule has 2 heteroatoms. The van der Waals surface area contributed by atoms with Crippen molar-refractivity contribution in [3.63, 3.8) is 0 Å². The molecule has 1 aromatic rings. The van der Waals surface area contributed by atoms with Gasteiger partial charge in [-0.25, -0.2) is 0 Å². The van der Waals surface area contributed by atoms with Crippen molar-refractivity contribution in [3.05, 3.63) is 35.9 Å². The number of rotatable bonds is 6. The van der Waals surface area contributed by atoms with Crippen LogP contribution in [0.25, 0.3) is 0 Å². The number of nitrogens with zero attached hydrogens (tertiary/aromatic N) is 1. The predicted octanol–water partition coefficient (Wildman–Crippen LogP) is 3.89. The quantitative estimate of drug-likeness (QED) is 0.854. The number of nitrogens with one attached hydrogen (secondary N) is 1. The first-order valence-corrected chi connectivity index (χ1v) is 8.64. The smallest absolute Gasteiger partial charge is 0.0244 e. The number of hydrogen-bond acceptors (Lipinski definition) is 2. The van der Waals surface area contributed by atoms with Gasteiger partial charge in [-0.3, -0.25) is 4.90 Å². The van der Waals surface area contributed by atoms with Gasteiger partial charge in [0.15, 0.2) is 0 Å². The van der Waals surface area contributed by atoms with Crippen molar-refractivity contribution in [3.8, 4) is 0 Å². The fraction of sp³-hybridized carbons (Fsp3) is 0.684. The Bertz CT molecular complexity index is 401. The molecule has 0 amide bonds. The summed E-state index contributed by atoms with van der Waals surface area (Å²) in [4.78, 5) is 2.73. The molecule has 1 fully saturated rings. The second-order valence-electron chi connectivity index (χ2n) is 6.92. The summed E-state index contributed by atoms with van der Waals surface area (Å²) in [7, 11) is 0. The van der Waals surface area contributed by atoms with E-state index in [0.717, 1.165) is 12.5 Å². The van der Waals surface area contributed by atoms with Crippen LogP contribution in [0.2, 0.25) is 0 Å². The predicted molar refractivity (Wildman–Crippen MR) is 91.8 cm³/mol. The Kier molecular flexibility index (Phi) is 6.25. The molecule has 0 saturated carbocycles. The molecule has 0 aliphatic carbocycles. The van der Waals surface area contributed by atoms with E-state index < -0.39 is 0 Å². The van der Waals surface area contributed by atoms with Crippen LogP contribution in [0.4, 0.5) is 0 Å². The molecule has 21 heavy (non-hydrogen) atoms. The largest absolute Gasteiger partial charge is 0.311 e. The summed E-state index contributed by atoms with van der Waals surface area (Å²) in [5.74, 6) is 1.37. The molecule has 1 heterocycles. The van der Waals surface area contributed by atoms with Gasteiger partial charge in [-0.05, 0) is 36.8 Å². The molecule has 1 aliphatic rings. The van der Waals surface area contributed by atoms with E-state index in [4.69, 9.17) is 0 Å². The van der Waals surface area contributed by atoms with Crippen LogP contribution in [0.1, 0.15) is 52.0 Å². The first-order chi connectivity index (χ1) is 10.1. The summed E-state index contributed by atoms with van der Waals surface area (Å²) in [5.41, 5.74) is 1.47. The third-order valence-corrected chi connectivity index (χ3v) is 5.02. The van der Waals surface area contributed by atoms with E-state index in [-0.39, 0.29) is 0 Å². The van der Waals surface area contributed by atoms with E-state index in [9.17, 15) is 0 Å². The van der Waals surface area contributed by atoms with Crippen LogP contribution in [0, 0.1) is 5.92 Å². The highest BCUT2D eigenvalue weighted by molar-refractivity contribution is 5.18. The zero-order valence-electron chi connectivity index (χ0n) is 14.2. The van der Waals surface area contributed by atoms with Crippen LogP contribution in [-0.4, -0.2) is 36.6 Å². The standard InChI is InChI=1S/C19H32N2/c1-5-18-14-21(19(13-20-18)15(2)3)12-11-16(4)17-9-7-6-8-10-17/h6-10,15-16,18-20H,5,11-14H2,1-4H3. The van der Waals surface area contributed by atoms with Crippen LogP contribution < -0.4 is 5.32 Å². The Morgan fingerprint density at radius 1 is 1.19 bits per heavy atom. The van der Waals surface area contributed by atoms with Gasteiger partial charge in [-0.2, -0.15) is 0 Å². The average molecular weight is 288 g/mol. The lowest BCUT2D eigenvalue weighted by Gasteiger charge is -2.42. The minimum absolute atomic E-state index is 0.647. The van der Waals surface area contributed by atoms with Crippen molar-refractivity contribution in [2.75, 3.05) is 19.6 Å². The molecule has 3 unspecified atom stereocenters. The molecule has 1 N–H and O–H groups in total. The molecule has 0 bridgehead atoms. The Labute approximate surface area is 130 Å². The maximum absolute atomic E-state index is 3.71. The highest BCUT2D eigenvalue weighted by atomic mass is 15.2. The second kappa shape index (κ2) is 7.95. The molecule has 2 nitrogen and oxygen atoms in total. The summed E-state index contributed by atoms with van der Waals surface area (Å²) in [6.07, 6.45) is 2.49. The molecule has 1 saturated heterocycles. The fourth-order valence-corrected chi connectivity index (χ4v) is 3.40. The second-order valence-corrected chi connectivity index (χ2v) is 6.92. The lowest BCUT2D eigenvalue weighted by molar-refractivity contribution is 0.0943. The van der Waals surface area contributed by atoms with E-state index in [1.807, 2.05) is 0 Å². The van der Waals surface area contributed by atoms with Crippen LogP contribution in [0.5, 0.6) is 0 Å². The van der Waals surface area contributed by atoms with Crippen LogP contribution >= 0.6 is 0 Å². The fourth-order valence-electron chi connectivity index (χ4n) is 3.40. The topological polar surface area (TPSA) is 15.3 Å². The van der Waals surface area contributed by atoms with Gasteiger partial charge in [0.2, 0.25) is 0 Å². The minimum atomic E-state index is 0.647. The van der Waals surface area contributed by atoms with Crippen LogP contribution in [0.15, 0.2) is 30.3 Å². The average Bonchev–Trinajstić information content (AvgIpc) is 2.52. The third-order valence-electron chi connectivity index (χ3n) is 5.02. The number of hydrogen-bond donors (Lipinski definition) is 1. The van der Waals surface area contributed by atoms with Gasteiger partial charge < -0.3 is 5.32 Å². The highest BCUT2D eigenvalue weighted by Gasteiger charge is 2.28. The SMILES string of the molecule is CCC1CN(CCC(C)c2ccccc2)C(C(C)C)CN1. The monoisotopic (exact) mass is 288 g/mol. The molecule has 1 aromatic carbocycles. The summed E-state index contributed by atoms with van der Waals surface area (Å²) in [6.45, 7) is 12.9. The molecular weight excluding hydrogens is 256 g/mol. The van der Waals surface area contributed by atoms with E-state index in [2.05, 4.69) is 68.2 Å². The molecule has 3 atom stereocenters. The Morgan fingerprint density at radius 3 is 2.52 bits per heavy atom. The summed E-state index contributed by atoms with van der Waals surface area (Å²) in [5, 5.41) is 3.71. The maximum atomic E-state index is 3.71. The van der Waals surface area contributed by atoms with Crippen molar-refractivity contribution in [2.45, 2.75) is 58.5 Å². The molecule has 1 aliphatic heterocycles. The van der Waals surface area contributed by atoms with Crippen LogP contribution in [-0.2, 0) is 0 Å². The lowest BCUT2D eigenvalue weighted by atomic mass is 9.94. The van der Waals surface area contributed by atoms with Crippen molar-refractivity contribution in [1.29, 1.82) is 0 Å². The minimum Gasteiger partial charge on any atom is -0.311 e. The van der Waals surface area contributed by atoms with Crippen molar-refractivity contribution < 1.29 is 0 Å². The first-order valence-electron chi connectivity index (χ1n) is 8.64. The zero-order chi connectivity index (χ0) is 15.2. The van der Waals surface area contributed by atoms with E-state index in [1.54, 1.807) is 0 Å². The summed E-state index contributed by atoms with van der Waals surface area (Å²) in [6, 6.07) is 12.3. The van der Waals surface area contributed by atoms with Gasteiger partial charge in [-0.1, -0.05) is 58.0 Å². The van der Waals surface area contributed by atoms with Gasteiger partial charge in [-0.15, -0.1) is 0 Å². The molecule has 0 radical (unpaired) electrons. The molecular formula is C19H32N2. The van der Waals surface area contributed by atoms with Crippen molar-refractivity contribution in [1.82, 2.24) is 10.2 Å². The normalized spacial score (nSPS) is 25.2. The van der Waals surface area contributed by atoms with E-state index in [1.165, 1.54) is 31.5 Å². The van der Waals surface area contributed by atoms with E-state index in [0.29, 0.717) is 18.0 Å².